The molecule has 0 bridgehead atoms. The van der Waals surface area contributed by atoms with E-state index in [4.69, 9.17) is 14.2 Å². The Labute approximate surface area is 118 Å². The van der Waals surface area contributed by atoms with Crippen LogP contribution in [0.2, 0.25) is 0 Å². The zero-order chi connectivity index (χ0) is 15.0. The quantitative estimate of drug-likeness (QED) is 0.776. The molecule has 3 unspecified atom stereocenters. The lowest BCUT2D eigenvalue weighted by molar-refractivity contribution is -0.0597. The summed E-state index contributed by atoms with van der Waals surface area (Å²) in [5, 5.41) is 0. The van der Waals surface area contributed by atoms with Gasteiger partial charge in [0.05, 0.1) is 19.0 Å². The van der Waals surface area contributed by atoms with Gasteiger partial charge in [0, 0.05) is 20.6 Å². The number of aromatic nitrogens is 4. The summed E-state index contributed by atoms with van der Waals surface area (Å²) >= 11 is 0. The van der Waals surface area contributed by atoms with Crippen LogP contribution in [0.5, 0.6) is 0 Å². The lowest BCUT2D eigenvalue weighted by Crippen LogP contribution is -2.27. The fraction of sp³-hybridized carbons (Fsp3) is 0.583. The molecule has 21 heavy (non-hydrogen) atoms. The molecule has 1 aliphatic rings. The predicted octanol–water partition coefficient (Wildman–Crippen LogP) is -0.638. The van der Waals surface area contributed by atoms with Crippen LogP contribution >= 0.6 is 0 Å². The first-order valence-electron chi connectivity index (χ1n) is 6.50. The molecule has 3 atom stereocenters. The van der Waals surface area contributed by atoms with Gasteiger partial charge in [0.2, 0.25) is 0 Å². The van der Waals surface area contributed by atoms with Crippen molar-refractivity contribution in [1.29, 1.82) is 0 Å². The highest BCUT2D eigenvalue weighted by Gasteiger charge is 2.37. The predicted molar refractivity (Wildman–Crippen MR) is 72.2 cm³/mol. The summed E-state index contributed by atoms with van der Waals surface area (Å²) in [7, 11) is 3.20. The minimum Gasteiger partial charge on any atom is -0.382 e. The summed E-state index contributed by atoms with van der Waals surface area (Å²) < 4.78 is 18.0. The number of nitrogens with zero attached hydrogens (tertiary/aromatic N) is 2. The van der Waals surface area contributed by atoms with Crippen LogP contribution < -0.4 is 11.2 Å². The molecule has 0 spiro atoms. The summed E-state index contributed by atoms with van der Waals surface area (Å²) in [6.45, 7) is 0.402. The van der Waals surface area contributed by atoms with Crippen LogP contribution in [0.25, 0.3) is 11.2 Å². The third kappa shape index (κ3) is 2.39. The Morgan fingerprint density at radius 2 is 2.24 bits per heavy atom. The Kier molecular flexibility index (Phi) is 3.62. The first kappa shape index (κ1) is 14.0. The molecule has 1 saturated heterocycles. The van der Waals surface area contributed by atoms with E-state index in [0.29, 0.717) is 18.7 Å². The smallest absolute Gasteiger partial charge is 0.327 e. The number of imidazole rings is 1. The highest BCUT2D eigenvalue weighted by Crippen LogP contribution is 2.31. The lowest BCUT2D eigenvalue weighted by Gasteiger charge is -2.16. The number of H-pyrrole nitrogens is 2. The lowest BCUT2D eigenvalue weighted by atomic mass is 10.2. The molecule has 9 heteroatoms. The van der Waals surface area contributed by atoms with E-state index < -0.39 is 11.2 Å². The highest BCUT2D eigenvalue weighted by molar-refractivity contribution is 5.68. The van der Waals surface area contributed by atoms with Crippen molar-refractivity contribution in [3.63, 3.8) is 0 Å². The van der Waals surface area contributed by atoms with Gasteiger partial charge >= 0.3 is 5.69 Å². The molecule has 0 amide bonds. The first-order valence-corrected chi connectivity index (χ1v) is 6.50. The van der Waals surface area contributed by atoms with Gasteiger partial charge in [0.25, 0.3) is 5.56 Å². The number of rotatable bonds is 4. The second-order valence-electron chi connectivity index (χ2n) is 4.85. The minimum atomic E-state index is -0.580. The Balaban J connectivity index is 1.98. The molecule has 1 fully saturated rings. The molecule has 0 aromatic carbocycles. The molecule has 1 aliphatic heterocycles. The van der Waals surface area contributed by atoms with Gasteiger partial charge in [-0.05, 0) is 0 Å². The molecule has 3 rings (SSSR count). The van der Waals surface area contributed by atoms with Crippen molar-refractivity contribution < 1.29 is 14.2 Å². The van der Waals surface area contributed by atoms with E-state index in [1.165, 1.54) is 6.33 Å². The van der Waals surface area contributed by atoms with E-state index in [0.717, 1.165) is 0 Å². The van der Waals surface area contributed by atoms with Gasteiger partial charge in [-0.2, -0.15) is 0 Å². The monoisotopic (exact) mass is 296 g/mol. The average Bonchev–Trinajstić information content (AvgIpc) is 3.02. The molecule has 3 heterocycles. The Morgan fingerprint density at radius 1 is 1.43 bits per heavy atom. The maximum Gasteiger partial charge on any atom is 0.327 e. The number of ether oxygens (including phenoxy) is 3. The van der Waals surface area contributed by atoms with E-state index in [1.807, 2.05) is 0 Å². The average molecular weight is 296 g/mol. The number of fused-ring (bicyclic) bond motifs is 1. The number of nitrogens with one attached hydrogen (secondary N) is 2. The molecular weight excluding hydrogens is 280 g/mol. The normalized spacial score (nSPS) is 25.7. The van der Waals surface area contributed by atoms with E-state index in [9.17, 15) is 9.59 Å². The molecule has 114 valence electrons. The van der Waals surface area contributed by atoms with E-state index >= 15 is 0 Å². The minimum absolute atomic E-state index is 0.124. The maximum absolute atomic E-state index is 11.7. The van der Waals surface area contributed by atoms with Crippen LogP contribution in [0.3, 0.4) is 0 Å². The largest absolute Gasteiger partial charge is 0.382 e. The highest BCUT2D eigenvalue weighted by atomic mass is 16.6. The van der Waals surface area contributed by atoms with Gasteiger partial charge in [0.15, 0.2) is 5.52 Å². The van der Waals surface area contributed by atoms with E-state index in [-0.39, 0.29) is 24.0 Å². The molecule has 0 saturated carbocycles. The summed E-state index contributed by atoms with van der Waals surface area (Å²) in [6.07, 6.45) is 1.34. The van der Waals surface area contributed by atoms with Gasteiger partial charge in [-0.1, -0.05) is 0 Å². The summed E-state index contributed by atoms with van der Waals surface area (Å²) in [6, 6.07) is 0. The van der Waals surface area contributed by atoms with Gasteiger partial charge in [-0.25, -0.2) is 9.78 Å². The number of hydrogen-bond acceptors (Lipinski definition) is 6. The molecule has 9 nitrogen and oxygen atoms in total. The Morgan fingerprint density at radius 3 is 2.95 bits per heavy atom. The van der Waals surface area contributed by atoms with Crippen LogP contribution in [0.4, 0.5) is 0 Å². The molecule has 0 radical (unpaired) electrons. The number of aromatic amines is 2. The fourth-order valence-corrected chi connectivity index (χ4v) is 2.60. The van der Waals surface area contributed by atoms with Crippen molar-refractivity contribution in [2.75, 3.05) is 20.8 Å². The molecule has 2 aromatic rings. The van der Waals surface area contributed by atoms with Crippen molar-refractivity contribution in [1.82, 2.24) is 19.5 Å². The van der Waals surface area contributed by atoms with Crippen LogP contribution in [0, 0.1) is 0 Å². The van der Waals surface area contributed by atoms with Crippen molar-refractivity contribution in [2.45, 2.75) is 24.9 Å². The zero-order valence-electron chi connectivity index (χ0n) is 11.7. The van der Waals surface area contributed by atoms with Crippen LogP contribution in [-0.2, 0) is 14.2 Å². The second-order valence-corrected chi connectivity index (χ2v) is 4.85. The fourth-order valence-electron chi connectivity index (χ4n) is 2.60. The van der Waals surface area contributed by atoms with Crippen molar-refractivity contribution in [3.8, 4) is 0 Å². The van der Waals surface area contributed by atoms with E-state index in [1.54, 1.807) is 18.8 Å². The standard InChI is InChI=1S/C12H16N4O5/c1-19-4-7-6(20-2)3-8(21-7)16-5-13-9-10(16)14-12(18)15-11(9)17/h5-8H,3-4H2,1-2H3,(H2,14,15,17,18). The third-order valence-electron chi connectivity index (χ3n) is 3.59. The Hall–Kier alpha value is -1.97. The summed E-state index contributed by atoms with van der Waals surface area (Å²) in [5.41, 5.74) is -0.602. The topological polar surface area (TPSA) is 111 Å². The van der Waals surface area contributed by atoms with Crippen LogP contribution in [0.15, 0.2) is 15.9 Å². The van der Waals surface area contributed by atoms with E-state index in [2.05, 4.69) is 15.0 Å². The second kappa shape index (κ2) is 5.43. The first-order chi connectivity index (χ1) is 10.1. The van der Waals surface area contributed by atoms with Crippen molar-refractivity contribution in [2.24, 2.45) is 0 Å². The van der Waals surface area contributed by atoms with Gasteiger partial charge in [-0.15, -0.1) is 0 Å². The van der Waals surface area contributed by atoms with Gasteiger partial charge < -0.3 is 14.2 Å². The van der Waals surface area contributed by atoms with Crippen LogP contribution in [0.1, 0.15) is 12.6 Å². The summed E-state index contributed by atoms with van der Waals surface area (Å²) in [5.74, 6) is 0. The Bertz CT molecular complexity index is 748. The molecule has 2 N–H and O–H groups in total. The maximum atomic E-state index is 11.7. The zero-order valence-corrected chi connectivity index (χ0v) is 11.7. The SMILES string of the molecule is COCC1OC(n2cnc3c(=O)[nH]c(=O)[nH]c32)CC1OC. The molecular formula is C12H16N4O5. The van der Waals surface area contributed by atoms with Crippen molar-refractivity contribution >= 4 is 11.2 Å². The summed E-state index contributed by atoms with van der Waals surface area (Å²) in [4.78, 5) is 31.8. The third-order valence-corrected chi connectivity index (χ3v) is 3.59. The van der Waals surface area contributed by atoms with Crippen LogP contribution in [-0.4, -0.2) is 52.6 Å². The molecule has 0 aliphatic carbocycles. The van der Waals surface area contributed by atoms with Gasteiger partial charge in [0.1, 0.15) is 18.0 Å². The number of methoxy groups -OCH3 is 2. The molecule has 2 aromatic heterocycles. The van der Waals surface area contributed by atoms with Crippen molar-refractivity contribution in [3.05, 3.63) is 27.2 Å². The van der Waals surface area contributed by atoms with Gasteiger partial charge in [-0.3, -0.25) is 19.3 Å². The number of hydrogen-bond donors (Lipinski definition) is 2.